The SMILES string of the molecule is CCCc1ccccc1[Si]C1c2ccccc2-c2ccccc21. The molecular weight excluding hydrogens is 292 g/mol. The number of aryl methyl sites for hydroxylation is 1. The summed E-state index contributed by atoms with van der Waals surface area (Å²) in [6.07, 6.45) is 2.39. The van der Waals surface area contributed by atoms with Gasteiger partial charge in [0, 0.05) is 5.54 Å². The summed E-state index contributed by atoms with van der Waals surface area (Å²) < 4.78 is 0. The maximum atomic E-state index is 2.33. The third-order valence-electron chi connectivity index (χ3n) is 4.67. The molecule has 0 aromatic heterocycles. The Labute approximate surface area is 141 Å². The van der Waals surface area contributed by atoms with E-state index in [0.717, 1.165) is 9.52 Å². The Morgan fingerprint density at radius 1 is 0.739 bits per heavy atom. The Hall–Kier alpha value is -2.12. The first-order valence-electron chi connectivity index (χ1n) is 8.41. The van der Waals surface area contributed by atoms with Crippen LogP contribution in [0.25, 0.3) is 11.1 Å². The largest absolute Gasteiger partial charge is 0.0953 e. The maximum Gasteiger partial charge on any atom is 0.0953 e. The summed E-state index contributed by atoms with van der Waals surface area (Å²) in [7, 11) is 0.801. The molecule has 0 aliphatic heterocycles. The summed E-state index contributed by atoms with van der Waals surface area (Å²) in [5.74, 6) is 0. The van der Waals surface area contributed by atoms with Crippen molar-refractivity contribution >= 4 is 14.7 Å². The van der Waals surface area contributed by atoms with E-state index in [1.165, 1.54) is 45.8 Å². The van der Waals surface area contributed by atoms with E-state index in [9.17, 15) is 0 Å². The van der Waals surface area contributed by atoms with E-state index in [1.54, 1.807) is 0 Å². The molecule has 0 spiro atoms. The van der Waals surface area contributed by atoms with Crippen molar-refractivity contribution < 1.29 is 0 Å². The summed E-state index contributed by atoms with van der Waals surface area (Å²) in [6.45, 7) is 2.26. The number of benzene rings is 3. The van der Waals surface area contributed by atoms with E-state index in [1.807, 2.05) is 0 Å². The van der Waals surface area contributed by atoms with Crippen molar-refractivity contribution in [1.82, 2.24) is 0 Å². The molecule has 1 aliphatic carbocycles. The molecule has 0 fully saturated rings. The van der Waals surface area contributed by atoms with Gasteiger partial charge in [-0.25, -0.2) is 0 Å². The second-order valence-electron chi connectivity index (χ2n) is 6.16. The molecule has 112 valence electrons. The van der Waals surface area contributed by atoms with Gasteiger partial charge in [-0.1, -0.05) is 91.3 Å². The normalized spacial score (nSPS) is 12.9. The molecular formula is C22H20Si. The van der Waals surface area contributed by atoms with Crippen LogP contribution in [0, 0.1) is 0 Å². The minimum Gasteiger partial charge on any atom is -0.0651 e. The van der Waals surface area contributed by atoms with Crippen molar-refractivity contribution in [3.63, 3.8) is 0 Å². The maximum absolute atomic E-state index is 2.33. The Morgan fingerprint density at radius 2 is 1.30 bits per heavy atom. The zero-order chi connectivity index (χ0) is 15.6. The van der Waals surface area contributed by atoms with Crippen LogP contribution in [0.4, 0.5) is 0 Å². The third-order valence-corrected chi connectivity index (χ3v) is 6.38. The molecule has 0 atom stereocenters. The van der Waals surface area contributed by atoms with Gasteiger partial charge in [-0.05, 0) is 34.2 Å². The van der Waals surface area contributed by atoms with Crippen molar-refractivity contribution in [2.24, 2.45) is 0 Å². The number of hydrogen-bond acceptors (Lipinski definition) is 0. The molecule has 0 unspecified atom stereocenters. The van der Waals surface area contributed by atoms with Crippen molar-refractivity contribution in [3.8, 4) is 11.1 Å². The van der Waals surface area contributed by atoms with Crippen molar-refractivity contribution in [2.75, 3.05) is 0 Å². The highest BCUT2D eigenvalue weighted by atomic mass is 28.2. The quantitative estimate of drug-likeness (QED) is 0.611. The number of rotatable bonds is 4. The smallest absolute Gasteiger partial charge is 0.0651 e. The van der Waals surface area contributed by atoms with Crippen LogP contribution >= 0.6 is 0 Å². The van der Waals surface area contributed by atoms with Crippen LogP contribution in [0.1, 0.15) is 35.6 Å². The fraction of sp³-hybridized carbons (Fsp3) is 0.182. The van der Waals surface area contributed by atoms with Crippen molar-refractivity contribution in [2.45, 2.75) is 25.3 Å². The van der Waals surface area contributed by atoms with Crippen LogP contribution in [0.2, 0.25) is 0 Å². The fourth-order valence-electron chi connectivity index (χ4n) is 3.62. The average Bonchev–Trinajstić information content (AvgIpc) is 2.92. The van der Waals surface area contributed by atoms with E-state index in [0.29, 0.717) is 5.54 Å². The van der Waals surface area contributed by atoms with Gasteiger partial charge in [-0.3, -0.25) is 0 Å². The highest BCUT2D eigenvalue weighted by molar-refractivity contribution is 6.57. The zero-order valence-corrected chi connectivity index (χ0v) is 14.4. The third kappa shape index (κ3) is 2.55. The molecule has 4 rings (SSSR count). The lowest BCUT2D eigenvalue weighted by Gasteiger charge is -2.15. The second kappa shape index (κ2) is 6.17. The van der Waals surface area contributed by atoms with Gasteiger partial charge in [0.2, 0.25) is 0 Å². The number of fused-ring (bicyclic) bond motifs is 3. The highest BCUT2D eigenvalue weighted by Gasteiger charge is 2.28. The molecule has 0 amide bonds. The fourth-order valence-corrected chi connectivity index (χ4v) is 5.33. The van der Waals surface area contributed by atoms with Crippen LogP contribution in [0.15, 0.2) is 72.8 Å². The van der Waals surface area contributed by atoms with Gasteiger partial charge >= 0.3 is 0 Å². The molecule has 3 aromatic rings. The molecule has 0 saturated carbocycles. The first-order chi connectivity index (χ1) is 11.4. The van der Waals surface area contributed by atoms with Crippen LogP contribution in [0.3, 0.4) is 0 Å². The average molecular weight is 312 g/mol. The van der Waals surface area contributed by atoms with Crippen LogP contribution in [-0.4, -0.2) is 9.52 Å². The zero-order valence-electron chi connectivity index (χ0n) is 13.4. The lowest BCUT2D eigenvalue weighted by Crippen LogP contribution is -2.25. The molecule has 1 heteroatoms. The Morgan fingerprint density at radius 3 is 1.96 bits per heavy atom. The summed E-state index contributed by atoms with van der Waals surface area (Å²) >= 11 is 0. The van der Waals surface area contributed by atoms with E-state index in [2.05, 4.69) is 79.7 Å². The summed E-state index contributed by atoms with van der Waals surface area (Å²) in [5, 5.41) is 1.53. The standard InChI is InChI=1S/C22H20Si/c1-2-9-16-10-3-8-15-21(16)23-22-19-13-6-4-11-17(19)18-12-5-7-14-20(18)22/h3-8,10-15,22H,2,9H2,1H3. The first-order valence-corrected chi connectivity index (χ1v) is 9.49. The van der Waals surface area contributed by atoms with Gasteiger partial charge in [0.15, 0.2) is 0 Å². The van der Waals surface area contributed by atoms with Gasteiger partial charge < -0.3 is 0 Å². The summed E-state index contributed by atoms with van der Waals surface area (Å²) in [5.41, 5.74) is 7.88. The van der Waals surface area contributed by atoms with Crippen molar-refractivity contribution in [1.29, 1.82) is 0 Å². The van der Waals surface area contributed by atoms with Crippen molar-refractivity contribution in [3.05, 3.63) is 89.5 Å². The molecule has 23 heavy (non-hydrogen) atoms. The topological polar surface area (TPSA) is 0 Å². The van der Waals surface area contributed by atoms with Gasteiger partial charge in [-0.15, -0.1) is 0 Å². The van der Waals surface area contributed by atoms with Gasteiger partial charge in [-0.2, -0.15) is 0 Å². The van der Waals surface area contributed by atoms with Gasteiger partial charge in [0.1, 0.15) is 0 Å². The summed E-state index contributed by atoms with van der Waals surface area (Å²) in [4.78, 5) is 0. The Balaban J connectivity index is 1.78. The molecule has 0 nitrogen and oxygen atoms in total. The predicted octanol–water partition coefficient (Wildman–Crippen LogP) is 4.74. The Kier molecular flexibility index (Phi) is 3.88. The summed E-state index contributed by atoms with van der Waals surface area (Å²) in [6, 6.07) is 26.9. The monoisotopic (exact) mass is 312 g/mol. The second-order valence-corrected chi connectivity index (χ2v) is 7.56. The minimum absolute atomic E-state index is 0.514. The molecule has 0 saturated heterocycles. The molecule has 3 aromatic carbocycles. The van der Waals surface area contributed by atoms with Gasteiger partial charge in [0.05, 0.1) is 9.52 Å². The predicted molar refractivity (Wildman–Crippen MR) is 99.5 cm³/mol. The van der Waals surface area contributed by atoms with E-state index >= 15 is 0 Å². The van der Waals surface area contributed by atoms with Crippen LogP contribution in [-0.2, 0) is 6.42 Å². The van der Waals surface area contributed by atoms with E-state index < -0.39 is 0 Å². The van der Waals surface area contributed by atoms with E-state index in [-0.39, 0.29) is 0 Å². The molecule has 2 radical (unpaired) electrons. The molecule has 0 bridgehead atoms. The van der Waals surface area contributed by atoms with Crippen LogP contribution < -0.4 is 5.19 Å². The highest BCUT2D eigenvalue weighted by Crippen LogP contribution is 2.43. The lowest BCUT2D eigenvalue weighted by molar-refractivity contribution is 0.926. The Bertz CT molecular complexity index is 789. The van der Waals surface area contributed by atoms with E-state index in [4.69, 9.17) is 0 Å². The molecule has 0 heterocycles. The van der Waals surface area contributed by atoms with Gasteiger partial charge in [0.25, 0.3) is 0 Å². The first kappa shape index (κ1) is 14.5. The number of hydrogen-bond donors (Lipinski definition) is 0. The molecule has 0 N–H and O–H groups in total. The molecule has 1 aliphatic rings. The minimum atomic E-state index is 0.514. The van der Waals surface area contributed by atoms with Crippen LogP contribution in [0.5, 0.6) is 0 Å². The lowest BCUT2D eigenvalue weighted by atomic mass is 10.1.